The van der Waals surface area contributed by atoms with Gasteiger partial charge in [-0.15, -0.1) is 0 Å². The molecule has 0 bridgehead atoms. The van der Waals surface area contributed by atoms with Crippen molar-refractivity contribution < 1.29 is 23.1 Å². The average Bonchev–Trinajstić information content (AvgIpc) is 2.68. The van der Waals surface area contributed by atoms with E-state index in [0.29, 0.717) is 27.3 Å². The fraction of sp³-hybridized carbons (Fsp3) is 0.348. The summed E-state index contributed by atoms with van der Waals surface area (Å²) in [4.78, 5) is 12.8. The summed E-state index contributed by atoms with van der Waals surface area (Å²) in [6.07, 6.45) is 0.0857. The molecule has 0 amide bonds. The Morgan fingerprint density at radius 2 is 1.55 bits per heavy atom. The number of esters is 1. The van der Waals surface area contributed by atoms with E-state index in [-0.39, 0.29) is 24.5 Å². The SMILES string of the molecule is CCOC(=O)C(CCO)=C(c1ccc(Cl)cc1)c1ccc(S(=O)(=O)NC(C)(C)C)cc1. The third-order valence-corrected chi connectivity index (χ3v) is 6.24. The average molecular weight is 466 g/mol. The summed E-state index contributed by atoms with van der Waals surface area (Å²) in [5.41, 5.74) is 1.55. The maximum atomic E-state index is 12.6. The second-order valence-corrected chi connectivity index (χ2v) is 10.1. The van der Waals surface area contributed by atoms with Crippen molar-refractivity contribution in [3.8, 4) is 0 Å². The lowest BCUT2D eigenvalue weighted by molar-refractivity contribution is -0.138. The summed E-state index contributed by atoms with van der Waals surface area (Å²) in [6.45, 7) is 6.95. The molecule has 0 heterocycles. The molecule has 0 aliphatic heterocycles. The van der Waals surface area contributed by atoms with E-state index in [0.717, 1.165) is 0 Å². The van der Waals surface area contributed by atoms with Crippen molar-refractivity contribution in [3.05, 3.63) is 70.3 Å². The second-order valence-electron chi connectivity index (χ2n) is 7.93. The third-order valence-electron chi connectivity index (χ3n) is 4.21. The van der Waals surface area contributed by atoms with Crippen molar-refractivity contribution in [3.63, 3.8) is 0 Å². The van der Waals surface area contributed by atoms with E-state index in [1.807, 2.05) is 0 Å². The number of carbonyl (C=O) groups excluding carboxylic acids is 1. The van der Waals surface area contributed by atoms with Crippen molar-refractivity contribution in [2.45, 2.75) is 44.6 Å². The molecule has 0 saturated heterocycles. The molecule has 0 atom stereocenters. The van der Waals surface area contributed by atoms with Crippen LogP contribution in [0.4, 0.5) is 0 Å². The Morgan fingerprint density at radius 3 is 2.00 bits per heavy atom. The standard InChI is InChI=1S/C23H28ClNO5S/c1-5-30-22(27)20(14-15-26)21(16-6-10-18(24)11-7-16)17-8-12-19(13-9-17)31(28,29)25-23(2,3)4/h6-13,25-26H,5,14-15H2,1-4H3. The van der Waals surface area contributed by atoms with Crippen LogP contribution < -0.4 is 4.72 Å². The third kappa shape index (κ3) is 6.90. The minimum Gasteiger partial charge on any atom is -0.463 e. The van der Waals surface area contributed by atoms with Gasteiger partial charge in [0.05, 0.1) is 11.5 Å². The molecule has 2 aromatic rings. The van der Waals surface area contributed by atoms with E-state index in [9.17, 15) is 18.3 Å². The first-order chi connectivity index (χ1) is 14.5. The van der Waals surface area contributed by atoms with Crippen molar-refractivity contribution in [2.24, 2.45) is 0 Å². The van der Waals surface area contributed by atoms with Gasteiger partial charge in [0.25, 0.3) is 0 Å². The van der Waals surface area contributed by atoms with Crippen molar-refractivity contribution in [1.29, 1.82) is 0 Å². The zero-order valence-electron chi connectivity index (χ0n) is 18.1. The van der Waals surface area contributed by atoms with Gasteiger partial charge in [0, 0.05) is 29.2 Å². The van der Waals surface area contributed by atoms with E-state index in [1.54, 1.807) is 64.1 Å². The molecule has 31 heavy (non-hydrogen) atoms. The Hall–Kier alpha value is -2.19. The molecular weight excluding hydrogens is 438 g/mol. The summed E-state index contributed by atoms with van der Waals surface area (Å²) < 4.78 is 33.1. The van der Waals surface area contributed by atoms with Crippen LogP contribution in [-0.4, -0.2) is 38.2 Å². The molecule has 0 aromatic heterocycles. The highest BCUT2D eigenvalue weighted by atomic mass is 35.5. The Labute approximate surface area is 188 Å². The van der Waals surface area contributed by atoms with Crippen LogP contribution >= 0.6 is 11.6 Å². The van der Waals surface area contributed by atoms with E-state index < -0.39 is 21.5 Å². The molecule has 0 spiro atoms. The lowest BCUT2D eigenvalue weighted by atomic mass is 9.91. The number of aliphatic hydroxyl groups is 1. The number of rotatable bonds is 8. The summed E-state index contributed by atoms with van der Waals surface area (Å²) in [5, 5.41) is 10.1. The molecule has 2 aromatic carbocycles. The van der Waals surface area contributed by atoms with Crippen LogP contribution in [0.2, 0.25) is 5.02 Å². The molecule has 0 fully saturated rings. The lowest BCUT2D eigenvalue weighted by Crippen LogP contribution is -2.40. The maximum absolute atomic E-state index is 12.6. The molecule has 8 heteroatoms. The van der Waals surface area contributed by atoms with E-state index in [2.05, 4.69) is 4.72 Å². The van der Waals surface area contributed by atoms with Gasteiger partial charge in [-0.25, -0.2) is 17.9 Å². The maximum Gasteiger partial charge on any atom is 0.334 e. The molecule has 2 N–H and O–H groups in total. The lowest BCUT2D eigenvalue weighted by Gasteiger charge is -2.20. The van der Waals surface area contributed by atoms with E-state index in [4.69, 9.17) is 16.3 Å². The first kappa shape index (κ1) is 25.1. The van der Waals surface area contributed by atoms with Crippen LogP contribution in [0.3, 0.4) is 0 Å². The number of aliphatic hydroxyl groups excluding tert-OH is 1. The summed E-state index contributed by atoms with van der Waals surface area (Å²) >= 11 is 6.02. The highest BCUT2D eigenvalue weighted by Crippen LogP contribution is 2.31. The number of hydrogen-bond donors (Lipinski definition) is 2. The van der Waals surface area contributed by atoms with E-state index in [1.165, 1.54) is 12.1 Å². The predicted octanol–water partition coefficient (Wildman–Crippen LogP) is 4.16. The highest BCUT2D eigenvalue weighted by molar-refractivity contribution is 7.89. The molecule has 0 unspecified atom stereocenters. The number of nitrogens with one attached hydrogen (secondary N) is 1. The smallest absolute Gasteiger partial charge is 0.334 e. The number of benzene rings is 2. The molecular formula is C23H28ClNO5S. The fourth-order valence-electron chi connectivity index (χ4n) is 3.05. The van der Waals surface area contributed by atoms with Gasteiger partial charge in [-0.05, 0) is 68.7 Å². The monoisotopic (exact) mass is 465 g/mol. The molecule has 6 nitrogen and oxygen atoms in total. The topological polar surface area (TPSA) is 92.7 Å². The van der Waals surface area contributed by atoms with Crippen LogP contribution in [0.15, 0.2) is 59.0 Å². The molecule has 0 saturated carbocycles. The minimum atomic E-state index is -3.70. The van der Waals surface area contributed by atoms with Gasteiger partial charge in [-0.2, -0.15) is 0 Å². The van der Waals surface area contributed by atoms with E-state index >= 15 is 0 Å². The molecule has 0 radical (unpaired) electrons. The largest absolute Gasteiger partial charge is 0.463 e. The number of hydrogen-bond acceptors (Lipinski definition) is 5. The molecule has 0 aliphatic rings. The quantitative estimate of drug-likeness (QED) is 0.451. The van der Waals surface area contributed by atoms with Gasteiger partial charge < -0.3 is 9.84 Å². The minimum absolute atomic E-state index is 0.0857. The first-order valence-corrected chi connectivity index (χ1v) is 11.8. The van der Waals surface area contributed by atoms with Gasteiger partial charge in [-0.3, -0.25) is 0 Å². The summed E-state index contributed by atoms with van der Waals surface area (Å²) in [6, 6.07) is 13.2. The van der Waals surface area contributed by atoms with Gasteiger partial charge in [0.15, 0.2) is 0 Å². The van der Waals surface area contributed by atoms with Gasteiger partial charge >= 0.3 is 5.97 Å². The summed E-state index contributed by atoms with van der Waals surface area (Å²) in [5.74, 6) is -0.535. The number of halogens is 1. The number of ether oxygens (including phenoxy) is 1. The zero-order chi connectivity index (χ0) is 23.2. The zero-order valence-corrected chi connectivity index (χ0v) is 19.7. The predicted molar refractivity (Wildman–Crippen MR) is 122 cm³/mol. The highest BCUT2D eigenvalue weighted by Gasteiger charge is 2.23. The molecule has 0 aliphatic carbocycles. The first-order valence-electron chi connectivity index (χ1n) is 9.90. The van der Waals surface area contributed by atoms with Crippen LogP contribution in [0.5, 0.6) is 0 Å². The van der Waals surface area contributed by atoms with Gasteiger partial charge in [0.2, 0.25) is 10.0 Å². The van der Waals surface area contributed by atoms with Crippen LogP contribution in [0, 0.1) is 0 Å². The van der Waals surface area contributed by atoms with Crippen molar-refractivity contribution in [1.82, 2.24) is 4.72 Å². The van der Waals surface area contributed by atoms with Crippen LogP contribution in [0.1, 0.15) is 45.2 Å². The van der Waals surface area contributed by atoms with Crippen LogP contribution in [-0.2, 0) is 19.6 Å². The Bertz CT molecular complexity index is 1040. The number of sulfonamides is 1. The Balaban J connectivity index is 2.63. The van der Waals surface area contributed by atoms with Crippen molar-refractivity contribution in [2.75, 3.05) is 13.2 Å². The van der Waals surface area contributed by atoms with Crippen LogP contribution in [0.25, 0.3) is 5.57 Å². The number of carbonyl (C=O) groups is 1. The Kier molecular flexibility index (Phi) is 8.42. The molecule has 168 valence electrons. The van der Waals surface area contributed by atoms with Gasteiger partial charge in [-0.1, -0.05) is 35.9 Å². The second kappa shape index (κ2) is 10.4. The van der Waals surface area contributed by atoms with Gasteiger partial charge in [0.1, 0.15) is 0 Å². The summed E-state index contributed by atoms with van der Waals surface area (Å²) in [7, 11) is -3.70. The molecule has 2 rings (SSSR count). The normalized spacial score (nSPS) is 13.0. The van der Waals surface area contributed by atoms with Crippen molar-refractivity contribution >= 4 is 33.2 Å². The fourth-order valence-corrected chi connectivity index (χ4v) is 4.60. The Morgan fingerprint density at radius 1 is 1.03 bits per heavy atom.